The Labute approximate surface area is 219 Å². The van der Waals surface area contributed by atoms with Gasteiger partial charge in [0.05, 0.1) is 0 Å². The normalized spacial score (nSPS) is 14.1. The molecule has 0 N–H and O–H groups in total. The Morgan fingerprint density at radius 2 is 0.944 bits per heavy atom. The second-order valence-electron chi connectivity index (χ2n) is 15.1. The molecule has 0 aliphatic rings. The average molecular weight is 479 g/mol. The maximum Gasteiger partial charge on any atom is -0.00262 e. The second kappa shape index (κ2) is 8.20. The Balaban J connectivity index is 2.33. The van der Waals surface area contributed by atoms with Gasteiger partial charge in [0, 0.05) is 0 Å². The zero-order chi connectivity index (χ0) is 27.0. The van der Waals surface area contributed by atoms with Crippen molar-refractivity contribution in [3.63, 3.8) is 0 Å². The highest BCUT2D eigenvalue weighted by molar-refractivity contribution is 6.23. The minimum Gasteiger partial charge on any atom is -0.0905 e. The van der Waals surface area contributed by atoms with E-state index >= 15 is 0 Å². The molecule has 4 aromatic rings. The molecule has 0 saturated heterocycles. The van der Waals surface area contributed by atoms with Gasteiger partial charge < -0.3 is 0 Å². The molecule has 0 amide bonds. The molecule has 0 aliphatic carbocycles. The number of benzene rings is 4. The molecule has 0 fully saturated rings. The lowest BCUT2D eigenvalue weighted by Gasteiger charge is -2.26. The van der Waals surface area contributed by atoms with E-state index in [1.165, 1.54) is 54.6 Å². The molecule has 36 heavy (non-hydrogen) atoms. The molecule has 0 bridgehead atoms. The van der Waals surface area contributed by atoms with Crippen LogP contribution in [0.4, 0.5) is 0 Å². The average Bonchev–Trinajstić information content (AvgIpc) is 2.72. The topological polar surface area (TPSA) is 0 Å². The first-order valence-electron chi connectivity index (χ1n) is 13.5. The first-order chi connectivity index (χ1) is 16.3. The molecule has 0 heterocycles. The summed E-state index contributed by atoms with van der Waals surface area (Å²) in [6, 6.07) is 14.5. The van der Waals surface area contributed by atoms with Crippen LogP contribution in [0.15, 0.2) is 42.5 Å². The molecule has 0 saturated carbocycles. The molecule has 0 radical (unpaired) electrons. The van der Waals surface area contributed by atoms with Gasteiger partial charge in [0.2, 0.25) is 0 Å². The summed E-state index contributed by atoms with van der Waals surface area (Å²) < 4.78 is 0. The number of hydrogen-bond donors (Lipinski definition) is 0. The molecule has 0 spiro atoms. The van der Waals surface area contributed by atoms with E-state index in [2.05, 4.69) is 132 Å². The van der Waals surface area contributed by atoms with Crippen molar-refractivity contribution in [1.29, 1.82) is 0 Å². The van der Waals surface area contributed by atoms with E-state index in [0.29, 0.717) is 0 Å². The van der Waals surface area contributed by atoms with Crippen LogP contribution in [0.3, 0.4) is 0 Å². The standard InChI is InChI=1S/C36H46/c1-22-28-19-26(35(8,9)10)17-24-18-27(36(11,12)13)21-30(32(24)28)29-20-25(34(5,6)7)16-23(31(22)29)14-15-33(2,3)4/h14-21H,1H2,2-13H3/b15-14+. The summed E-state index contributed by atoms with van der Waals surface area (Å²) in [6.07, 6.45) is 4.67. The molecule has 0 aromatic heterocycles. The molecule has 0 nitrogen and oxygen atoms in total. The van der Waals surface area contributed by atoms with Crippen molar-refractivity contribution in [2.75, 3.05) is 0 Å². The number of rotatable bonds is 1. The van der Waals surface area contributed by atoms with Crippen molar-refractivity contribution in [2.24, 2.45) is 5.41 Å². The fraction of sp³-hybridized carbons (Fsp3) is 0.444. The lowest BCUT2D eigenvalue weighted by molar-refractivity contribution is 0.547. The Morgan fingerprint density at radius 1 is 0.528 bits per heavy atom. The molecular formula is C36H46. The third-order valence-corrected chi connectivity index (χ3v) is 7.50. The zero-order valence-electron chi connectivity index (χ0n) is 24.8. The van der Waals surface area contributed by atoms with Crippen molar-refractivity contribution in [2.45, 2.75) is 99.3 Å². The van der Waals surface area contributed by atoms with Crippen LogP contribution in [0.2, 0.25) is 0 Å². The maximum atomic E-state index is 4.74. The summed E-state index contributed by atoms with van der Waals surface area (Å²) in [7, 11) is 0. The Kier molecular flexibility index (Phi) is 6.03. The van der Waals surface area contributed by atoms with Crippen molar-refractivity contribution in [3.05, 3.63) is 69.9 Å². The van der Waals surface area contributed by atoms with Gasteiger partial charge in [0.1, 0.15) is 0 Å². The van der Waals surface area contributed by atoms with Crippen LogP contribution in [-0.2, 0) is 16.2 Å². The minimum atomic E-state index is 0.0534. The Hall–Kier alpha value is -2.60. The van der Waals surface area contributed by atoms with Crippen LogP contribution < -0.4 is 5.22 Å². The second-order valence-corrected chi connectivity index (χ2v) is 15.1. The van der Waals surface area contributed by atoms with Gasteiger partial charge in [0.25, 0.3) is 0 Å². The van der Waals surface area contributed by atoms with E-state index in [0.717, 1.165) is 5.22 Å². The summed E-state index contributed by atoms with van der Waals surface area (Å²) in [5.41, 5.74) is 5.68. The predicted octanol–water partition coefficient (Wildman–Crippen LogP) is 10.2. The Morgan fingerprint density at radius 3 is 1.39 bits per heavy atom. The van der Waals surface area contributed by atoms with Crippen LogP contribution in [-0.4, -0.2) is 0 Å². The van der Waals surface area contributed by atoms with Crippen molar-refractivity contribution in [3.8, 4) is 0 Å². The van der Waals surface area contributed by atoms with Crippen LogP contribution in [0.5, 0.6) is 0 Å². The van der Waals surface area contributed by atoms with Crippen molar-refractivity contribution < 1.29 is 0 Å². The maximum absolute atomic E-state index is 4.74. The van der Waals surface area contributed by atoms with Crippen LogP contribution in [0.25, 0.3) is 45.0 Å². The number of fused-ring (bicyclic) bond motifs is 2. The number of allylic oxidation sites excluding steroid dienone is 1. The summed E-state index contributed by atoms with van der Waals surface area (Å²) in [5, 5.41) is 9.08. The third-order valence-electron chi connectivity index (χ3n) is 7.50. The predicted molar refractivity (Wildman–Crippen MR) is 164 cm³/mol. The van der Waals surface area contributed by atoms with Gasteiger partial charge in [-0.1, -0.05) is 120 Å². The fourth-order valence-electron chi connectivity index (χ4n) is 5.08. The Bertz CT molecular complexity index is 1540. The summed E-state index contributed by atoms with van der Waals surface area (Å²) in [4.78, 5) is 0. The molecule has 4 aromatic carbocycles. The summed E-state index contributed by atoms with van der Waals surface area (Å²) in [5.74, 6) is 0. The van der Waals surface area contributed by atoms with E-state index in [4.69, 9.17) is 6.58 Å². The highest BCUT2D eigenvalue weighted by atomic mass is 14.3. The highest BCUT2D eigenvalue weighted by Gasteiger charge is 2.23. The monoisotopic (exact) mass is 478 g/mol. The van der Waals surface area contributed by atoms with E-state index in [1.807, 2.05) is 0 Å². The molecular weight excluding hydrogens is 432 g/mol. The SMILES string of the molecule is C=c1c2cc(C(C)(C)C)cc3cc(C(C)(C)C)cc(c4cc(C(C)(C)C)cc(/C=C/C(C)(C)C)c14)c32. The third kappa shape index (κ3) is 4.84. The van der Waals surface area contributed by atoms with Gasteiger partial charge in [-0.15, -0.1) is 0 Å². The molecule has 0 unspecified atom stereocenters. The molecule has 4 rings (SSSR count). The number of hydrogen-bond acceptors (Lipinski definition) is 0. The molecule has 0 aliphatic heterocycles. The van der Waals surface area contributed by atoms with Crippen LogP contribution in [0.1, 0.15) is 105 Å². The minimum absolute atomic E-state index is 0.0534. The van der Waals surface area contributed by atoms with E-state index in [-0.39, 0.29) is 21.7 Å². The van der Waals surface area contributed by atoms with Crippen LogP contribution >= 0.6 is 0 Å². The zero-order valence-corrected chi connectivity index (χ0v) is 24.8. The van der Waals surface area contributed by atoms with Gasteiger partial charge >= 0.3 is 0 Å². The van der Waals surface area contributed by atoms with Gasteiger partial charge in [-0.05, 0) is 99.6 Å². The van der Waals surface area contributed by atoms with Gasteiger partial charge in [-0.2, -0.15) is 0 Å². The van der Waals surface area contributed by atoms with Crippen LogP contribution in [0, 0.1) is 5.41 Å². The van der Waals surface area contributed by atoms with Gasteiger partial charge in [-0.3, -0.25) is 0 Å². The highest BCUT2D eigenvalue weighted by Crippen LogP contribution is 2.40. The molecule has 0 heteroatoms. The van der Waals surface area contributed by atoms with E-state index < -0.39 is 0 Å². The van der Waals surface area contributed by atoms with E-state index in [9.17, 15) is 0 Å². The summed E-state index contributed by atoms with van der Waals surface area (Å²) in [6.45, 7) is 32.4. The lowest BCUT2D eigenvalue weighted by Crippen LogP contribution is -2.16. The van der Waals surface area contributed by atoms with Crippen molar-refractivity contribution in [1.82, 2.24) is 0 Å². The van der Waals surface area contributed by atoms with Gasteiger partial charge in [-0.25, -0.2) is 0 Å². The van der Waals surface area contributed by atoms with Gasteiger partial charge in [0.15, 0.2) is 0 Å². The quantitative estimate of drug-likeness (QED) is 0.188. The summed E-state index contributed by atoms with van der Waals surface area (Å²) >= 11 is 0. The van der Waals surface area contributed by atoms with E-state index in [1.54, 1.807) is 0 Å². The first kappa shape index (κ1) is 26.5. The molecule has 0 atom stereocenters. The largest absolute Gasteiger partial charge is 0.0905 e. The van der Waals surface area contributed by atoms with Crippen molar-refractivity contribution >= 4 is 45.0 Å². The lowest BCUT2D eigenvalue weighted by atomic mass is 9.78. The first-order valence-corrected chi connectivity index (χ1v) is 13.5. The fourth-order valence-corrected chi connectivity index (χ4v) is 5.08. The smallest absolute Gasteiger partial charge is 0.00262 e. The molecule has 190 valence electrons.